The lowest BCUT2D eigenvalue weighted by molar-refractivity contribution is -0.252. The molecule has 3 nitrogen and oxygen atoms in total. The zero-order chi connectivity index (χ0) is 10.6. The second kappa shape index (κ2) is 5.35. The number of hydrogen-bond donors (Lipinski definition) is 1. The molecule has 1 atom stereocenters. The van der Waals surface area contributed by atoms with Gasteiger partial charge in [0.15, 0.2) is 5.79 Å². The van der Waals surface area contributed by atoms with Crippen LogP contribution in [0.15, 0.2) is 0 Å². The third-order valence-corrected chi connectivity index (χ3v) is 3.33. The van der Waals surface area contributed by atoms with Crippen LogP contribution in [0.1, 0.15) is 20.8 Å². The Morgan fingerprint density at radius 3 is 2.50 bits per heavy atom. The summed E-state index contributed by atoms with van der Waals surface area (Å²) >= 11 is 1.87. The highest BCUT2D eigenvalue weighted by Crippen LogP contribution is 2.17. The number of thioether (sulfide) groups is 1. The molecule has 0 aliphatic carbocycles. The summed E-state index contributed by atoms with van der Waals surface area (Å²) in [4.78, 5) is 0. The smallest absolute Gasteiger partial charge is 0.162 e. The second-order valence-electron chi connectivity index (χ2n) is 4.17. The van der Waals surface area contributed by atoms with Gasteiger partial charge in [0.25, 0.3) is 0 Å². The van der Waals surface area contributed by atoms with Crippen LogP contribution in [0.2, 0.25) is 0 Å². The van der Waals surface area contributed by atoms with E-state index in [2.05, 4.69) is 18.5 Å². The van der Waals surface area contributed by atoms with Gasteiger partial charge in [0, 0.05) is 11.8 Å². The molecule has 4 heteroatoms. The van der Waals surface area contributed by atoms with Gasteiger partial charge in [-0.2, -0.15) is 11.8 Å². The maximum atomic E-state index is 5.55. The lowest BCUT2D eigenvalue weighted by Crippen LogP contribution is -2.49. The van der Waals surface area contributed by atoms with Gasteiger partial charge < -0.3 is 14.8 Å². The molecular formula is C10H21NO2S. The Morgan fingerprint density at radius 1 is 1.43 bits per heavy atom. The minimum atomic E-state index is -0.400. The predicted molar refractivity (Wildman–Crippen MR) is 60.8 cm³/mol. The van der Waals surface area contributed by atoms with Gasteiger partial charge in [0.1, 0.15) is 0 Å². The first-order valence-corrected chi connectivity index (χ1v) is 6.36. The largest absolute Gasteiger partial charge is 0.349 e. The molecule has 1 fully saturated rings. The molecule has 1 heterocycles. The fraction of sp³-hybridized carbons (Fsp3) is 1.00. The van der Waals surface area contributed by atoms with Crippen LogP contribution in [-0.4, -0.2) is 43.1 Å². The monoisotopic (exact) mass is 219 g/mol. The molecule has 14 heavy (non-hydrogen) atoms. The van der Waals surface area contributed by atoms with Crippen molar-refractivity contribution < 1.29 is 9.47 Å². The number of rotatable bonds is 4. The van der Waals surface area contributed by atoms with Crippen LogP contribution in [0.3, 0.4) is 0 Å². The molecule has 0 spiro atoms. The van der Waals surface area contributed by atoms with Gasteiger partial charge in [-0.25, -0.2) is 0 Å². The number of hydrogen-bond acceptors (Lipinski definition) is 4. The van der Waals surface area contributed by atoms with Crippen LogP contribution < -0.4 is 5.32 Å². The molecule has 1 aliphatic heterocycles. The molecular weight excluding hydrogens is 198 g/mol. The van der Waals surface area contributed by atoms with E-state index in [-0.39, 0.29) is 0 Å². The molecule has 0 aromatic rings. The highest BCUT2D eigenvalue weighted by Gasteiger charge is 2.27. The summed E-state index contributed by atoms with van der Waals surface area (Å²) in [6, 6.07) is 0.345. The summed E-state index contributed by atoms with van der Waals surface area (Å²) in [5, 5.41) is 4.08. The maximum absolute atomic E-state index is 5.55. The molecule has 84 valence electrons. The minimum Gasteiger partial charge on any atom is -0.349 e. The van der Waals surface area contributed by atoms with Crippen LogP contribution >= 0.6 is 11.8 Å². The average molecular weight is 219 g/mol. The molecule has 1 unspecified atom stereocenters. The molecule has 0 aromatic carbocycles. The topological polar surface area (TPSA) is 30.5 Å². The first-order valence-electron chi connectivity index (χ1n) is 5.07. The summed E-state index contributed by atoms with van der Waals surface area (Å²) in [6.07, 6.45) is 2.13. The molecule has 1 N–H and O–H groups in total. The van der Waals surface area contributed by atoms with E-state index in [1.165, 1.54) is 0 Å². The van der Waals surface area contributed by atoms with Crippen LogP contribution in [0.4, 0.5) is 0 Å². The Balaban J connectivity index is 2.16. The highest BCUT2D eigenvalue weighted by molar-refractivity contribution is 7.99. The van der Waals surface area contributed by atoms with E-state index in [9.17, 15) is 0 Å². The van der Waals surface area contributed by atoms with Gasteiger partial charge in [0.05, 0.1) is 19.3 Å². The summed E-state index contributed by atoms with van der Waals surface area (Å²) in [5.74, 6) is -0.400. The van der Waals surface area contributed by atoms with Crippen molar-refractivity contribution in [1.82, 2.24) is 5.32 Å². The Hall–Kier alpha value is 0.230. The zero-order valence-electron chi connectivity index (χ0n) is 9.50. The Morgan fingerprint density at radius 2 is 2.00 bits per heavy atom. The van der Waals surface area contributed by atoms with E-state index in [0.717, 1.165) is 19.8 Å². The normalized spacial score (nSPS) is 24.9. The highest BCUT2D eigenvalue weighted by atomic mass is 32.2. The standard InChI is InChI=1S/C10H21NO2S/c1-8(14-4)5-11-9-6-12-10(2,3)13-7-9/h8-9,11H,5-7H2,1-4H3. The fourth-order valence-corrected chi connectivity index (χ4v) is 1.49. The molecule has 1 rings (SSSR count). The second-order valence-corrected chi connectivity index (χ2v) is 5.45. The summed E-state index contributed by atoms with van der Waals surface area (Å²) in [6.45, 7) is 8.62. The maximum Gasteiger partial charge on any atom is 0.162 e. The zero-order valence-corrected chi connectivity index (χ0v) is 10.3. The quantitative estimate of drug-likeness (QED) is 0.776. The Labute approximate surface area is 90.9 Å². The van der Waals surface area contributed by atoms with E-state index < -0.39 is 5.79 Å². The number of ether oxygens (including phenoxy) is 2. The van der Waals surface area contributed by atoms with E-state index in [1.54, 1.807) is 0 Å². The van der Waals surface area contributed by atoms with Crippen LogP contribution in [0.5, 0.6) is 0 Å². The van der Waals surface area contributed by atoms with E-state index in [0.29, 0.717) is 11.3 Å². The van der Waals surface area contributed by atoms with Crippen LogP contribution in [0, 0.1) is 0 Å². The van der Waals surface area contributed by atoms with Gasteiger partial charge >= 0.3 is 0 Å². The van der Waals surface area contributed by atoms with Crippen molar-refractivity contribution in [2.75, 3.05) is 26.0 Å². The van der Waals surface area contributed by atoms with Gasteiger partial charge in [-0.05, 0) is 20.1 Å². The lowest BCUT2D eigenvalue weighted by Gasteiger charge is -2.35. The summed E-state index contributed by atoms with van der Waals surface area (Å²) in [5.41, 5.74) is 0. The SMILES string of the molecule is CSC(C)CNC1COC(C)(C)OC1. The van der Waals surface area contributed by atoms with E-state index >= 15 is 0 Å². The van der Waals surface area contributed by atoms with Crippen molar-refractivity contribution in [3.63, 3.8) is 0 Å². The third kappa shape index (κ3) is 4.17. The van der Waals surface area contributed by atoms with Crippen molar-refractivity contribution in [2.24, 2.45) is 0 Å². The van der Waals surface area contributed by atoms with Crippen molar-refractivity contribution in [1.29, 1.82) is 0 Å². The number of nitrogens with one attached hydrogen (secondary N) is 1. The summed E-state index contributed by atoms with van der Waals surface area (Å²) < 4.78 is 11.1. The average Bonchev–Trinajstić information content (AvgIpc) is 2.16. The molecule has 1 aliphatic rings. The molecule has 0 aromatic heterocycles. The third-order valence-electron chi connectivity index (χ3n) is 2.36. The van der Waals surface area contributed by atoms with Gasteiger partial charge in [-0.1, -0.05) is 6.92 Å². The van der Waals surface area contributed by atoms with Crippen LogP contribution in [-0.2, 0) is 9.47 Å². The molecule has 0 amide bonds. The molecule has 1 saturated heterocycles. The van der Waals surface area contributed by atoms with Crippen LogP contribution in [0.25, 0.3) is 0 Å². The first-order chi connectivity index (χ1) is 6.53. The fourth-order valence-electron chi connectivity index (χ4n) is 1.23. The van der Waals surface area contributed by atoms with E-state index in [4.69, 9.17) is 9.47 Å². The van der Waals surface area contributed by atoms with Gasteiger partial charge in [-0.3, -0.25) is 0 Å². The van der Waals surface area contributed by atoms with Crippen molar-refractivity contribution >= 4 is 11.8 Å². The molecule has 0 bridgehead atoms. The molecule has 0 radical (unpaired) electrons. The van der Waals surface area contributed by atoms with Gasteiger partial charge in [0.2, 0.25) is 0 Å². The minimum absolute atomic E-state index is 0.345. The Kier molecular flexibility index (Phi) is 4.70. The first kappa shape index (κ1) is 12.3. The lowest BCUT2D eigenvalue weighted by atomic mass is 10.2. The van der Waals surface area contributed by atoms with Gasteiger partial charge in [-0.15, -0.1) is 0 Å². The van der Waals surface area contributed by atoms with E-state index in [1.807, 2.05) is 25.6 Å². The van der Waals surface area contributed by atoms with Crippen molar-refractivity contribution in [2.45, 2.75) is 37.9 Å². The van der Waals surface area contributed by atoms with Crippen molar-refractivity contribution in [3.05, 3.63) is 0 Å². The van der Waals surface area contributed by atoms with Crippen molar-refractivity contribution in [3.8, 4) is 0 Å². The summed E-state index contributed by atoms with van der Waals surface area (Å²) in [7, 11) is 0. The molecule has 0 saturated carbocycles. The predicted octanol–water partition coefficient (Wildman–Crippen LogP) is 1.48. The Bertz CT molecular complexity index is 166.